The van der Waals surface area contributed by atoms with Gasteiger partial charge in [0.15, 0.2) is 9.84 Å². The Morgan fingerprint density at radius 3 is 2.70 bits per heavy atom. The molecular weight excluding hydrogens is 318 g/mol. The molecule has 1 atom stereocenters. The van der Waals surface area contributed by atoms with E-state index in [1.54, 1.807) is 7.11 Å². The fourth-order valence-electron chi connectivity index (χ4n) is 2.64. The van der Waals surface area contributed by atoms with Crippen molar-refractivity contribution in [2.75, 3.05) is 25.7 Å². The standard InChI is InChI=1S/C15H19N3O4S/c1-18(12-7-8-23(19,20)10-12)9-14-16-15(17-22-14)11-3-5-13(21-2)6-4-11/h3-6,12H,7-10H2,1-2H3/t12-/m1/s1. The molecule has 0 amide bonds. The van der Waals surface area contributed by atoms with Gasteiger partial charge in [-0.2, -0.15) is 4.98 Å². The number of nitrogens with zero attached hydrogens (tertiary/aromatic N) is 3. The Morgan fingerprint density at radius 1 is 1.35 bits per heavy atom. The highest BCUT2D eigenvalue weighted by molar-refractivity contribution is 7.91. The van der Waals surface area contributed by atoms with Crippen molar-refractivity contribution in [3.63, 3.8) is 0 Å². The van der Waals surface area contributed by atoms with Crippen molar-refractivity contribution < 1.29 is 17.7 Å². The Hall–Kier alpha value is -1.93. The number of hydrogen-bond donors (Lipinski definition) is 0. The maximum Gasteiger partial charge on any atom is 0.241 e. The van der Waals surface area contributed by atoms with Gasteiger partial charge in [-0.1, -0.05) is 5.16 Å². The average Bonchev–Trinajstić information content (AvgIpc) is 3.14. The molecule has 23 heavy (non-hydrogen) atoms. The second kappa shape index (κ2) is 6.29. The van der Waals surface area contributed by atoms with Crippen molar-refractivity contribution in [2.24, 2.45) is 0 Å². The molecule has 124 valence electrons. The van der Waals surface area contributed by atoms with Gasteiger partial charge in [-0.05, 0) is 37.7 Å². The first-order valence-electron chi connectivity index (χ1n) is 7.34. The Kier molecular flexibility index (Phi) is 4.36. The smallest absolute Gasteiger partial charge is 0.241 e. The van der Waals surface area contributed by atoms with E-state index in [2.05, 4.69) is 10.1 Å². The minimum atomic E-state index is -2.90. The SMILES string of the molecule is COc1ccc(-c2noc(CN(C)[C@@H]3CCS(=O)(=O)C3)n2)cc1. The van der Waals surface area contributed by atoms with E-state index in [0.29, 0.717) is 24.7 Å². The lowest BCUT2D eigenvalue weighted by atomic mass is 10.2. The van der Waals surface area contributed by atoms with Gasteiger partial charge in [0.2, 0.25) is 11.7 Å². The lowest BCUT2D eigenvalue weighted by Crippen LogP contribution is -2.32. The number of sulfone groups is 1. The second-order valence-corrected chi connectivity index (χ2v) is 7.94. The molecule has 1 aliphatic heterocycles. The highest BCUT2D eigenvalue weighted by Gasteiger charge is 2.31. The summed E-state index contributed by atoms with van der Waals surface area (Å²) in [5, 5.41) is 3.98. The number of benzene rings is 1. The van der Waals surface area contributed by atoms with Crippen molar-refractivity contribution in [1.82, 2.24) is 15.0 Å². The van der Waals surface area contributed by atoms with Crippen LogP contribution in [0, 0.1) is 0 Å². The van der Waals surface area contributed by atoms with E-state index in [0.717, 1.165) is 11.3 Å². The van der Waals surface area contributed by atoms with Gasteiger partial charge in [-0.25, -0.2) is 8.42 Å². The summed E-state index contributed by atoms with van der Waals surface area (Å²) in [5.74, 6) is 2.20. The van der Waals surface area contributed by atoms with Crippen LogP contribution in [0.5, 0.6) is 5.75 Å². The van der Waals surface area contributed by atoms with Crippen LogP contribution in [0.1, 0.15) is 12.3 Å². The Labute approximate surface area is 135 Å². The molecule has 7 nitrogen and oxygen atoms in total. The minimum absolute atomic E-state index is 0.0105. The lowest BCUT2D eigenvalue weighted by Gasteiger charge is -2.20. The molecular formula is C15H19N3O4S. The van der Waals surface area contributed by atoms with Crippen molar-refractivity contribution >= 4 is 9.84 Å². The molecule has 1 aliphatic rings. The van der Waals surface area contributed by atoms with Crippen LogP contribution >= 0.6 is 0 Å². The highest BCUT2D eigenvalue weighted by Crippen LogP contribution is 2.21. The third-order valence-electron chi connectivity index (χ3n) is 4.03. The molecule has 0 N–H and O–H groups in total. The third-order valence-corrected chi connectivity index (χ3v) is 5.78. The van der Waals surface area contributed by atoms with Crippen LogP contribution in [-0.4, -0.2) is 55.2 Å². The normalized spacial score (nSPS) is 20.0. The van der Waals surface area contributed by atoms with Crippen molar-refractivity contribution in [2.45, 2.75) is 19.0 Å². The van der Waals surface area contributed by atoms with Crippen LogP contribution in [-0.2, 0) is 16.4 Å². The zero-order chi connectivity index (χ0) is 16.4. The van der Waals surface area contributed by atoms with Crippen molar-refractivity contribution in [1.29, 1.82) is 0 Å². The Bertz CT molecular complexity index is 770. The van der Waals surface area contributed by atoms with Crippen LogP contribution in [0.15, 0.2) is 28.8 Å². The van der Waals surface area contributed by atoms with Crippen molar-refractivity contribution in [3.05, 3.63) is 30.2 Å². The largest absolute Gasteiger partial charge is 0.497 e. The van der Waals surface area contributed by atoms with Gasteiger partial charge in [-0.15, -0.1) is 0 Å². The molecule has 1 fully saturated rings. The van der Waals surface area contributed by atoms with E-state index < -0.39 is 9.84 Å². The van der Waals surface area contributed by atoms with E-state index in [4.69, 9.17) is 9.26 Å². The van der Waals surface area contributed by atoms with E-state index in [1.165, 1.54) is 0 Å². The quantitative estimate of drug-likeness (QED) is 0.814. The molecule has 0 unspecified atom stereocenters. The molecule has 1 saturated heterocycles. The van der Waals surface area contributed by atoms with Crippen LogP contribution in [0.2, 0.25) is 0 Å². The van der Waals surface area contributed by atoms with Crippen molar-refractivity contribution in [3.8, 4) is 17.1 Å². The fraction of sp³-hybridized carbons (Fsp3) is 0.467. The van der Waals surface area contributed by atoms with E-state index in [-0.39, 0.29) is 17.5 Å². The number of hydrogen-bond acceptors (Lipinski definition) is 7. The van der Waals surface area contributed by atoms with Gasteiger partial charge in [0, 0.05) is 11.6 Å². The molecule has 1 aromatic carbocycles. The molecule has 0 saturated carbocycles. The summed E-state index contributed by atoms with van der Waals surface area (Å²) in [7, 11) is 0.592. The predicted molar refractivity (Wildman–Crippen MR) is 84.8 cm³/mol. The molecule has 0 bridgehead atoms. The van der Waals surface area contributed by atoms with Gasteiger partial charge in [-0.3, -0.25) is 4.90 Å². The monoisotopic (exact) mass is 337 g/mol. The zero-order valence-corrected chi connectivity index (χ0v) is 13.9. The summed E-state index contributed by atoms with van der Waals surface area (Å²) >= 11 is 0. The first-order valence-corrected chi connectivity index (χ1v) is 9.16. The first-order chi connectivity index (χ1) is 11.0. The molecule has 0 radical (unpaired) electrons. The molecule has 3 rings (SSSR count). The Morgan fingerprint density at radius 2 is 2.09 bits per heavy atom. The summed E-state index contributed by atoms with van der Waals surface area (Å²) in [6.07, 6.45) is 0.651. The summed E-state index contributed by atoms with van der Waals surface area (Å²) in [5.41, 5.74) is 0.840. The zero-order valence-electron chi connectivity index (χ0n) is 13.1. The van der Waals surface area contributed by atoms with E-state index in [1.807, 2.05) is 36.2 Å². The van der Waals surface area contributed by atoms with E-state index in [9.17, 15) is 8.42 Å². The Balaban J connectivity index is 1.67. The molecule has 2 heterocycles. The summed E-state index contributed by atoms with van der Waals surface area (Å²) in [4.78, 5) is 6.33. The molecule has 1 aromatic heterocycles. The number of ether oxygens (including phenoxy) is 1. The van der Waals surface area contributed by atoms with Gasteiger partial charge >= 0.3 is 0 Å². The van der Waals surface area contributed by atoms with Crippen LogP contribution in [0.3, 0.4) is 0 Å². The number of rotatable bonds is 5. The lowest BCUT2D eigenvalue weighted by molar-refractivity contribution is 0.218. The van der Waals surface area contributed by atoms with Gasteiger partial charge < -0.3 is 9.26 Å². The van der Waals surface area contributed by atoms with Crippen LogP contribution < -0.4 is 4.74 Å². The second-order valence-electron chi connectivity index (χ2n) is 5.71. The van der Waals surface area contributed by atoms with Gasteiger partial charge in [0.1, 0.15) is 5.75 Å². The maximum atomic E-state index is 11.6. The highest BCUT2D eigenvalue weighted by atomic mass is 32.2. The molecule has 0 spiro atoms. The number of aromatic nitrogens is 2. The summed E-state index contributed by atoms with van der Waals surface area (Å²) in [6, 6.07) is 7.40. The molecule has 8 heteroatoms. The van der Waals surface area contributed by atoms with Gasteiger partial charge in [0.05, 0.1) is 25.2 Å². The fourth-order valence-corrected chi connectivity index (χ4v) is 4.45. The van der Waals surface area contributed by atoms with Crippen LogP contribution in [0.25, 0.3) is 11.4 Å². The third kappa shape index (κ3) is 3.70. The maximum absolute atomic E-state index is 11.6. The molecule has 0 aliphatic carbocycles. The summed E-state index contributed by atoms with van der Waals surface area (Å²) < 4.78 is 33.5. The average molecular weight is 337 g/mol. The molecule has 2 aromatic rings. The first kappa shape index (κ1) is 15.9. The van der Waals surface area contributed by atoms with Gasteiger partial charge in [0.25, 0.3) is 0 Å². The van der Waals surface area contributed by atoms with Crippen LogP contribution in [0.4, 0.5) is 0 Å². The minimum Gasteiger partial charge on any atom is -0.497 e. The topological polar surface area (TPSA) is 85.5 Å². The number of methoxy groups -OCH3 is 1. The predicted octanol–water partition coefficient (Wildman–Crippen LogP) is 1.36. The van der Waals surface area contributed by atoms with E-state index >= 15 is 0 Å². The summed E-state index contributed by atoms with van der Waals surface area (Å²) in [6.45, 7) is 0.434.